The Bertz CT molecular complexity index is 831. The predicted molar refractivity (Wildman–Crippen MR) is 207 cm³/mol. The van der Waals surface area contributed by atoms with Crippen LogP contribution in [0.2, 0.25) is 0 Å². The van der Waals surface area contributed by atoms with E-state index in [1.807, 2.05) is 0 Å². The van der Waals surface area contributed by atoms with Gasteiger partial charge in [0, 0.05) is 0 Å². The van der Waals surface area contributed by atoms with Gasteiger partial charge in [0.15, 0.2) is 0 Å². The van der Waals surface area contributed by atoms with E-state index >= 15 is 0 Å². The van der Waals surface area contributed by atoms with E-state index in [0.717, 1.165) is 25.7 Å². The Morgan fingerprint density at radius 1 is 0.457 bits per heavy atom. The van der Waals surface area contributed by atoms with Gasteiger partial charge in [-0.1, -0.05) is 105 Å². The van der Waals surface area contributed by atoms with Crippen molar-refractivity contribution in [2.45, 2.75) is 158 Å². The van der Waals surface area contributed by atoms with Crippen LogP contribution in [0.1, 0.15) is 158 Å². The number of hydrogen-bond donors (Lipinski definition) is 0. The van der Waals surface area contributed by atoms with E-state index in [0.29, 0.717) is 0 Å². The van der Waals surface area contributed by atoms with Crippen molar-refractivity contribution in [3.8, 4) is 0 Å². The molecule has 256 valence electrons. The fourth-order valence-electron chi connectivity index (χ4n) is 3.98. The first-order valence-electron chi connectivity index (χ1n) is 17.3. The largest absolute Gasteiger partial charge is 0.147 e. The third-order valence-electron chi connectivity index (χ3n) is 6.35. The van der Waals surface area contributed by atoms with Crippen LogP contribution in [0, 0.1) is 24.3 Å². The monoisotopic (exact) mass is 1000 g/mol. The van der Waals surface area contributed by atoms with Crippen LogP contribution in [0.5, 0.6) is 0 Å². The Hall–Kier alpha value is -0.0197. The fraction of sp³-hybridized carbons (Fsp3) is 0.571. The summed E-state index contributed by atoms with van der Waals surface area (Å²) < 4.78 is 3.11. The van der Waals surface area contributed by atoms with Gasteiger partial charge in [-0.15, -0.1) is 50.5 Å². The molecule has 0 radical (unpaired) electrons. The van der Waals surface area contributed by atoms with E-state index < -0.39 is 0 Å². The molecule has 0 N–H and O–H groups in total. The average molecular weight is 999 g/mol. The van der Waals surface area contributed by atoms with E-state index in [1.165, 1.54) is 147 Å². The Morgan fingerprint density at radius 3 is 0.739 bits per heavy atom. The van der Waals surface area contributed by atoms with Gasteiger partial charge in [-0.25, -0.2) is 46.6 Å². The normalized spacial score (nSPS) is 14.0. The number of halogens is 2. The number of rotatable bonds is 12. The zero-order chi connectivity index (χ0) is 33.3. The van der Waals surface area contributed by atoms with Crippen LogP contribution in [0.25, 0.3) is 0 Å². The van der Waals surface area contributed by atoms with Crippen molar-refractivity contribution in [3.63, 3.8) is 0 Å². The molecule has 0 bridgehead atoms. The summed E-state index contributed by atoms with van der Waals surface area (Å²) in [5.41, 5.74) is 5.93. The standard InChI is InChI=1S/4C9H13.2C3H6.2ClH.2Hf/c4*1-2-3-6-9-7-4-5-8-9;2*1-3-2;;;;/h4*7-8H,2-4,6H2,1H3;2*1-2H3;2*1H;;/q4*-1;;;;;2*+2. The first-order chi connectivity index (χ1) is 21.2. The molecule has 0 saturated carbocycles. The van der Waals surface area contributed by atoms with Gasteiger partial charge in [0.1, 0.15) is 0 Å². The number of unbranched alkanes of at least 4 members (excludes halogenated alkanes) is 4. The van der Waals surface area contributed by atoms with Gasteiger partial charge in [-0.3, -0.25) is 24.3 Å². The quantitative estimate of drug-likeness (QED) is 0.135. The molecule has 0 heterocycles. The molecular formula is C42H66Cl2Hf2. The minimum atomic E-state index is 0. The second-order valence-electron chi connectivity index (χ2n) is 11.7. The molecule has 0 atom stereocenters. The van der Waals surface area contributed by atoms with Gasteiger partial charge in [0.05, 0.1) is 0 Å². The van der Waals surface area contributed by atoms with Gasteiger partial charge in [0.25, 0.3) is 0 Å². The predicted octanol–water partition coefficient (Wildman–Crippen LogP) is 13.8. The molecule has 46 heavy (non-hydrogen) atoms. The van der Waals surface area contributed by atoms with Gasteiger partial charge >= 0.3 is 82.0 Å². The van der Waals surface area contributed by atoms with E-state index in [4.69, 9.17) is 0 Å². The van der Waals surface area contributed by atoms with Crippen LogP contribution < -0.4 is 0 Å². The summed E-state index contributed by atoms with van der Waals surface area (Å²) in [6.45, 7) is 17.5. The van der Waals surface area contributed by atoms with E-state index in [-0.39, 0.29) is 24.8 Å². The first kappa shape index (κ1) is 52.8. The first-order valence-corrected chi connectivity index (χ1v) is 20.8. The van der Waals surface area contributed by atoms with Crippen molar-refractivity contribution < 1.29 is 47.8 Å². The molecule has 4 heteroatoms. The number of allylic oxidation sites excluding steroid dienone is 16. The molecule has 0 spiro atoms. The minimum absolute atomic E-state index is 0. The third kappa shape index (κ3) is 42.0. The maximum absolute atomic E-state index is 3.16. The molecule has 0 aromatic rings. The van der Waals surface area contributed by atoms with Gasteiger partial charge < -0.3 is 0 Å². The van der Waals surface area contributed by atoms with Crippen LogP contribution in [-0.2, 0) is 47.8 Å². The number of hydrogen-bond acceptors (Lipinski definition) is 0. The van der Waals surface area contributed by atoms with Crippen molar-refractivity contribution in [3.05, 3.63) is 95.2 Å². The van der Waals surface area contributed by atoms with Gasteiger partial charge in [-0.2, -0.15) is 24.3 Å². The molecule has 0 nitrogen and oxygen atoms in total. The van der Waals surface area contributed by atoms with Crippen LogP contribution in [0.3, 0.4) is 0 Å². The molecule has 0 aromatic carbocycles. The summed E-state index contributed by atoms with van der Waals surface area (Å²) in [7, 11) is 0. The van der Waals surface area contributed by atoms with Crippen molar-refractivity contribution in [2.75, 3.05) is 0 Å². The van der Waals surface area contributed by atoms with Crippen molar-refractivity contribution in [2.24, 2.45) is 0 Å². The molecule has 0 saturated heterocycles. The molecule has 0 aromatic heterocycles. The van der Waals surface area contributed by atoms with Gasteiger partial charge in [-0.05, 0) is 0 Å². The molecule has 4 aliphatic rings. The zero-order valence-electron chi connectivity index (χ0n) is 30.7. The molecule has 0 amide bonds. The summed E-state index contributed by atoms with van der Waals surface area (Å²) in [6.07, 6.45) is 49.8. The maximum atomic E-state index is 3.16. The minimum Gasteiger partial charge on any atom is -0.147 e. The molecule has 0 unspecified atom stereocenters. The Morgan fingerprint density at radius 2 is 0.630 bits per heavy atom. The van der Waals surface area contributed by atoms with Crippen molar-refractivity contribution >= 4 is 31.3 Å². The zero-order valence-corrected chi connectivity index (χ0v) is 39.6. The SMILES string of the molecule is CCCCC1=CC[C-]=C1.CCCCC1=CC[C-]=C1.CCCCC1=CC[C-]=C1.CCCCC1=CC[C-]=C1.C[C](C)=[Hf+2].C[C](C)=[Hf+2].Cl.Cl. The topological polar surface area (TPSA) is 0 Å². The van der Waals surface area contributed by atoms with E-state index in [9.17, 15) is 0 Å². The molecular weight excluding hydrogens is 932 g/mol. The van der Waals surface area contributed by atoms with Crippen LogP contribution in [-0.4, -0.2) is 6.51 Å². The summed E-state index contributed by atoms with van der Waals surface area (Å²) in [5.74, 6) is 0. The van der Waals surface area contributed by atoms with Crippen LogP contribution in [0.15, 0.2) is 70.9 Å². The Balaban J connectivity index is -0.000000234. The molecule has 0 aliphatic heterocycles. The second-order valence-corrected chi connectivity index (χ2v) is 18.9. The Labute approximate surface area is 329 Å². The smallest absolute Gasteiger partial charge is 0.147 e. The van der Waals surface area contributed by atoms with Crippen LogP contribution in [0.4, 0.5) is 0 Å². The second kappa shape index (κ2) is 41.2. The Kier molecular flexibility index (Phi) is 47.2. The molecule has 4 rings (SSSR count). The summed E-state index contributed by atoms with van der Waals surface area (Å²) in [4.78, 5) is 0. The van der Waals surface area contributed by atoms with Crippen molar-refractivity contribution in [1.29, 1.82) is 0 Å². The molecule has 4 aliphatic carbocycles. The van der Waals surface area contributed by atoms with Crippen molar-refractivity contribution in [1.82, 2.24) is 0 Å². The summed E-state index contributed by atoms with van der Waals surface area (Å²) >= 11 is 2.53. The van der Waals surface area contributed by atoms with E-state index in [1.54, 1.807) is 6.51 Å². The van der Waals surface area contributed by atoms with E-state index in [2.05, 4.69) is 128 Å². The van der Waals surface area contributed by atoms with Crippen LogP contribution >= 0.6 is 24.8 Å². The molecule has 0 fully saturated rings. The average Bonchev–Trinajstić information content (AvgIpc) is 3.83. The van der Waals surface area contributed by atoms with Gasteiger partial charge in [0.2, 0.25) is 0 Å². The third-order valence-corrected chi connectivity index (χ3v) is 6.35. The maximum Gasteiger partial charge on any atom is -0.147 e. The summed E-state index contributed by atoms with van der Waals surface area (Å²) in [5, 5.41) is 0. The fourth-order valence-corrected chi connectivity index (χ4v) is 3.98. The summed E-state index contributed by atoms with van der Waals surface area (Å²) in [6, 6.07) is 0.